The molecule has 0 spiro atoms. The molecule has 2 N–H and O–H groups in total. The number of phenols is 1. The van der Waals surface area contributed by atoms with E-state index in [2.05, 4.69) is 13.0 Å². The first kappa shape index (κ1) is 20.2. The number of aryl methyl sites for hydroxylation is 1. The van der Waals surface area contributed by atoms with Gasteiger partial charge in [0.25, 0.3) is 0 Å². The predicted molar refractivity (Wildman–Crippen MR) is 109 cm³/mol. The van der Waals surface area contributed by atoms with Gasteiger partial charge in [0.05, 0.1) is 0 Å². The molecule has 1 aromatic carbocycles. The predicted octanol–water partition coefficient (Wildman–Crippen LogP) is 4.81. The fourth-order valence-corrected chi connectivity index (χ4v) is 6.48. The van der Waals surface area contributed by atoms with Crippen LogP contribution in [0.5, 0.6) is 5.75 Å². The normalized spacial score (nSPS) is 32.7. The summed E-state index contributed by atoms with van der Waals surface area (Å²) in [5.41, 5.74) is 2.77. The first-order chi connectivity index (χ1) is 13.9. The SMILES string of the molecule is C[C@]12CC[C@@H]3c4ccc(O)cc4CC[C@H]3[C@@H]1CC[C@@H]2OC(=O)CCCCC(=O)O. The van der Waals surface area contributed by atoms with Crippen LogP contribution >= 0.6 is 0 Å². The Balaban J connectivity index is 1.40. The lowest BCUT2D eigenvalue weighted by molar-refractivity contribution is -0.157. The third-order valence-electron chi connectivity index (χ3n) is 7.92. The zero-order valence-corrected chi connectivity index (χ0v) is 17.2. The van der Waals surface area contributed by atoms with Crippen molar-refractivity contribution in [3.63, 3.8) is 0 Å². The van der Waals surface area contributed by atoms with E-state index in [0.717, 1.165) is 38.5 Å². The molecule has 2 saturated carbocycles. The van der Waals surface area contributed by atoms with Crippen molar-refractivity contribution in [2.75, 3.05) is 0 Å². The van der Waals surface area contributed by atoms with Crippen molar-refractivity contribution in [2.45, 2.75) is 83.2 Å². The van der Waals surface area contributed by atoms with Crippen molar-refractivity contribution < 1.29 is 24.5 Å². The number of benzene rings is 1. The van der Waals surface area contributed by atoms with Crippen LogP contribution < -0.4 is 0 Å². The smallest absolute Gasteiger partial charge is 0.306 e. The van der Waals surface area contributed by atoms with Crippen molar-refractivity contribution in [1.82, 2.24) is 0 Å². The van der Waals surface area contributed by atoms with E-state index in [-0.39, 0.29) is 23.9 Å². The highest BCUT2D eigenvalue weighted by Gasteiger charge is 2.56. The second kappa shape index (κ2) is 8.00. The van der Waals surface area contributed by atoms with E-state index in [4.69, 9.17) is 9.84 Å². The molecule has 0 saturated heterocycles. The molecule has 5 atom stereocenters. The van der Waals surface area contributed by atoms with Gasteiger partial charge in [-0.3, -0.25) is 9.59 Å². The number of aromatic hydroxyl groups is 1. The quantitative estimate of drug-likeness (QED) is 0.529. The molecule has 0 bridgehead atoms. The maximum Gasteiger partial charge on any atom is 0.306 e. The first-order valence-electron chi connectivity index (χ1n) is 11.1. The standard InChI is InChI=1S/C24H32O5/c1-24-13-12-18-17-9-7-16(25)14-15(17)6-8-19(18)20(24)10-11-21(24)29-23(28)5-3-2-4-22(26)27/h7,9,14,18-21,25H,2-6,8,10-13H2,1H3,(H,26,27)/t18-,19-,20+,21+,24+/m1/s1. The van der Waals surface area contributed by atoms with Gasteiger partial charge in [0.1, 0.15) is 11.9 Å². The van der Waals surface area contributed by atoms with Gasteiger partial charge < -0.3 is 14.9 Å². The van der Waals surface area contributed by atoms with Crippen LogP contribution in [-0.2, 0) is 20.7 Å². The molecular weight excluding hydrogens is 368 g/mol. The molecule has 0 unspecified atom stereocenters. The van der Waals surface area contributed by atoms with Crippen LogP contribution in [0.3, 0.4) is 0 Å². The molecule has 5 heteroatoms. The van der Waals surface area contributed by atoms with Crippen molar-refractivity contribution in [2.24, 2.45) is 17.3 Å². The Morgan fingerprint density at radius 2 is 1.93 bits per heavy atom. The zero-order chi connectivity index (χ0) is 20.6. The summed E-state index contributed by atoms with van der Waals surface area (Å²) in [4.78, 5) is 22.9. The molecule has 0 aliphatic heterocycles. The number of esters is 1. The summed E-state index contributed by atoms with van der Waals surface area (Å²) in [6.45, 7) is 2.32. The third-order valence-corrected chi connectivity index (χ3v) is 7.92. The average Bonchev–Trinajstić information content (AvgIpc) is 3.01. The van der Waals surface area contributed by atoms with Gasteiger partial charge in [0, 0.05) is 18.3 Å². The third kappa shape index (κ3) is 3.88. The summed E-state index contributed by atoms with van der Waals surface area (Å²) in [6.07, 6.45) is 7.91. The number of ether oxygens (including phenoxy) is 1. The highest BCUT2D eigenvalue weighted by Crippen LogP contribution is 2.61. The number of carboxylic acid groups (broad SMARTS) is 1. The lowest BCUT2D eigenvalue weighted by atomic mass is 9.55. The fraction of sp³-hybridized carbons (Fsp3) is 0.667. The molecule has 2 fully saturated rings. The maximum absolute atomic E-state index is 12.3. The Hall–Kier alpha value is -2.04. The highest BCUT2D eigenvalue weighted by atomic mass is 16.5. The number of fused-ring (bicyclic) bond motifs is 5. The lowest BCUT2D eigenvalue weighted by Gasteiger charge is -2.50. The molecule has 5 nitrogen and oxygen atoms in total. The number of unbranched alkanes of at least 4 members (excludes halogenated alkanes) is 1. The Kier molecular flexibility index (Phi) is 5.58. The minimum atomic E-state index is -0.814. The highest BCUT2D eigenvalue weighted by molar-refractivity contribution is 5.70. The number of phenolic OH excluding ortho intramolecular Hbond substituents is 1. The zero-order valence-electron chi connectivity index (χ0n) is 17.2. The van der Waals surface area contributed by atoms with E-state index in [9.17, 15) is 14.7 Å². The summed E-state index contributed by atoms with van der Waals surface area (Å²) in [5.74, 6) is 1.14. The van der Waals surface area contributed by atoms with Gasteiger partial charge in [-0.05, 0) is 92.4 Å². The number of rotatable bonds is 6. The second-order valence-corrected chi connectivity index (χ2v) is 9.50. The van der Waals surface area contributed by atoms with E-state index in [0.29, 0.717) is 42.8 Å². The van der Waals surface area contributed by atoms with Gasteiger partial charge in [-0.15, -0.1) is 0 Å². The van der Waals surface area contributed by atoms with Crippen molar-refractivity contribution in [3.8, 4) is 5.75 Å². The van der Waals surface area contributed by atoms with Crippen LogP contribution in [0, 0.1) is 17.3 Å². The molecule has 3 aliphatic rings. The van der Waals surface area contributed by atoms with Crippen LogP contribution in [0.4, 0.5) is 0 Å². The number of aliphatic carboxylic acids is 1. The van der Waals surface area contributed by atoms with Gasteiger partial charge in [-0.25, -0.2) is 0 Å². The molecule has 29 heavy (non-hydrogen) atoms. The monoisotopic (exact) mass is 400 g/mol. The van der Waals surface area contributed by atoms with Crippen LogP contribution in [-0.4, -0.2) is 28.3 Å². The molecule has 0 heterocycles. The molecular formula is C24H32O5. The van der Waals surface area contributed by atoms with Gasteiger partial charge in [-0.1, -0.05) is 13.0 Å². The summed E-state index contributed by atoms with van der Waals surface area (Å²) in [5, 5.41) is 18.5. The minimum absolute atomic E-state index is 0.0124. The number of carboxylic acids is 1. The molecule has 0 aromatic heterocycles. The molecule has 158 valence electrons. The molecule has 0 amide bonds. The molecule has 1 aromatic rings. The van der Waals surface area contributed by atoms with Crippen molar-refractivity contribution in [3.05, 3.63) is 29.3 Å². The van der Waals surface area contributed by atoms with Gasteiger partial charge >= 0.3 is 11.9 Å². The Bertz CT molecular complexity index is 787. The largest absolute Gasteiger partial charge is 0.508 e. The van der Waals surface area contributed by atoms with Crippen molar-refractivity contribution >= 4 is 11.9 Å². The second-order valence-electron chi connectivity index (χ2n) is 9.50. The summed E-state index contributed by atoms with van der Waals surface area (Å²) in [7, 11) is 0. The van der Waals surface area contributed by atoms with Gasteiger partial charge in [0.2, 0.25) is 0 Å². The molecule has 3 aliphatic carbocycles. The maximum atomic E-state index is 12.3. The molecule has 4 rings (SSSR count). The first-order valence-corrected chi connectivity index (χ1v) is 11.1. The summed E-state index contributed by atoms with van der Waals surface area (Å²) < 4.78 is 5.94. The van der Waals surface area contributed by atoms with Crippen LogP contribution in [0.25, 0.3) is 0 Å². The average molecular weight is 401 g/mol. The van der Waals surface area contributed by atoms with Crippen LogP contribution in [0.15, 0.2) is 18.2 Å². The topological polar surface area (TPSA) is 83.8 Å². The van der Waals surface area contributed by atoms with E-state index in [1.165, 1.54) is 11.1 Å². The number of hydrogen-bond acceptors (Lipinski definition) is 4. The van der Waals surface area contributed by atoms with Crippen LogP contribution in [0.1, 0.15) is 81.8 Å². The lowest BCUT2D eigenvalue weighted by Crippen LogP contribution is -2.45. The number of carbonyl (C=O) groups excluding carboxylic acids is 1. The van der Waals surface area contributed by atoms with E-state index < -0.39 is 5.97 Å². The van der Waals surface area contributed by atoms with Gasteiger partial charge in [-0.2, -0.15) is 0 Å². The van der Waals surface area contributed by atoms with Gasteiger partial charge in [0.15, 0.2) is 0 Å². The Morgan fingerprint density at radius 1 is 1.14 bits per heavy atom. The number of hydrogen-bond donors (Lipinski definition) is 2. The fourth-order valence-electron chi connectivity index (χ4n) is 6.48. The van der Waals surface area contributed by atoms with Crippen molar-refractivity contribution in [1.29, 1.82) is 0 Å². The summed E-state index contributed by atoms with van der Waals surface area (Å²) in [6, 6.07) is 5.87. The van der Waals surface area contributed by atoms with E-state index in [1.54, 1.807) is 0 Å². The minimum Gasteiger partial charge on any atom is -0.508 e. The number of carbonyl (C=O) groups is 2. The van der Waals surface area contributed by atoms with E-state index >= 15 is 0 Å². The van der Waals surface area contributed by atoms with E-state index in [1.807, 2.05) is 12.1 Å². The Labute approximate surface area is 172 Å². The summed E-state index contributed by atoms with van der Waals surface area (Å²) >= 11 is 0. The molecule has 0 radical (unpaired) electrons. The van der Waals surface area contributed by atoms with Crippen LogP contribution in [0.2, 0.25) is 0 Å². The Morgan fingerprint density at radius 3 is 2.72 bits per heavy atom.